The Balaban J connectivity index is 2.72. The predicted octanol–water partition coefficient (Wildman–Crippen LogP) is -0.747. The highest BCUT2D eigenvalue weighted by Gasteiger charge is 2.38. The number of carbonyl (C=O) groups is 2. The minimum absolute atomic E-state index is 0.133. The van der Waals surface area contributed by atoms with Gasteiger partial charge in [0.05, 0.1) is 6.61 Å². The number of Topliss-reactive ketones (excluding diaryl/α,β-unsaturated/α-hetero) is 1. The van der Waals surface area contributed by atoms with Crippen LogP contribution in [0.5, 0.6) is 0 Å². The van der Waals surface area contributed by atoms with Gasteiger partial charge in [-0.2, -0.15) is 0 Å². The molecule has 1 unspecified atom stereocenters. The van der Waals surface area contributed by atoms with Crippen molar-refractivity contribution in [3.05, 3.63) is 0 Å². The molecule has 0 saturated carbocycles. The molecular formula is C6H8O4. The van der Waals surface area contributed by atoms with Crippen molar-refractivity contribution in [1.82, 2.24) is 0 Å². The number of carbonyl (C=O) groups excluding carboxylic acids is 2. The lowest BCUT2D eigenvalue weighted by Crippen LogP contribution is -2.46. The number of aldehydes is 1. The molecule has 1 saturated heterocycles. The van der Waals surface area contributed by atoms with Crippen LogP contribution in [0.1, 0.15) is 12.8 Å². The lowest BCUT2D eigenvalue weighted by atomic mass is 10.1. The van der Waals surface area contributed by atoms with Gasteiger partial charge in [0.15, 0.2) is 12.1 Å². The van der Waals surface area contributed by atoms with Gasteiger partial charge in [-0.3, -0.25) is 9.59 Å². The molecule has 1 fully saturated rings. The summed E-state index contributed by atoms with van der Waals surface area (Å²) >= 11 is 0. The molecule has 0 bridgehead atoms. The third-order valence-corrected chi connectivity index (χ3v) is 1.43. The van der Waals surface area contributed by atoms with Gasteiger partial charge in [-0.05, 0) is 6.42 Å². The average molecular weight is 144 g/mol. The molecule has 4 nitrogen and oxygen atoms in total. The number of hydrogen-bond donors (Lipinski definition) is 1. The van der Waals surface area contributed by atoms with Gasteiger partial charge in [-0.1, -0.05) is 0 Å². The lowest BCUT2D eigenvalue weighted by Gasteiger charge is -2.24. The van der Waals surface area contributed by atoms with Crippen molar-refractivity contribution >= 4 is 12.1 Å². The van der Waals surface area contributed by atoms with Gasteiger partial charge in [-0.25, -0.2) is 0 Å². The van der Waals surface area contributed by atoms with Gasteiger partial charge in [0.1, 0.15) is 0 Å². The first-order chi connectivity index (χ1) is 4.69. The van der Waals surface area contributed by atoms with E-state index in [1.54, 1.807) is 0 Å². The molecule has 10 heavy (non-hydrogen) atoms. The standard InChI is InChI=1S/C6H8O4/c7-4-6(9)5(8)2-1-3-10-6/h4,9H,1-3H2. The second kappa shape index (κ2) is 2.48. The lowest BCUT2D eigenvalue weighted by molar-refractivity contribution is -0.205. The number of rotatable bonds is 1. The molecule has 1 aliphatic rings. The molecule has 0 amide bonds. The molecule has 1 heterocycles. The molecule has 0 aromatic rings. The quantitative estimate of drug-likeness (QED) is 0.388. The summed E-state index contributed by atoms with van der Waals surface area (Å²) < 4.78 is 4.56. The Morgan fingerprint density at radius 1 is 1.70 bits per heavy atom. The Bertz CT molecular complexity index is 165. The molecule has 0 spiro atoms. The first kappa shape index (κ1) is 7.37. The summed E-state index contributed by atoms with van der Waals surface area (Å²) in [6.45, 7) is 0.265. The van der Waals surface area contributed by atoms with Crippen molar-refractivity contribution in [3.63, 3.8) is 0 Å². The fraction of sp³-hybridized carbons (Fsp3) is 0.667. The van der Waals surface area contributed by atoms with E-state index in [-0.39, 0.29) is 19.3 Å². The average Bonchev–Trinajstić information content (AvgIpc) is 1.96. The van der Waals surface area contributed by atoms with E-state index in [1.165, 1.54) is 0 Å². The zero-order chi connectivity index (χ0) is 7.61. The molecule has 56 valence electrons. The minimum atomic E-state index is -2.14. The normalized spacial score (nSPS) is 33.9. The minimum Gasteiger partial charge on any atom is -0.354 e. The van der Waals surface area contributed by atoms with Crippen LogP contribution in [-0.2, 0) is 14.3 Å². The second-order valence-electron chi connectivity index (χ2n) is 2.19. The maximum absolute atomic E-state index is 10.7. The van der Waals surface area contributed by atoms with Crippen LogP contribution >= 0.6 is 0 Å². The van der Waals surface area contributed by atoms with E-state index in [4.69, 9.17) is 5.11 Å². The maximum atomic E-state index is 10.7. The SMILES string of the molecule is O=CC1(O)OCCCC1=O. The first-order valence-electron chi connectivity index (χ1n) is 3.05. The van der Waals surface area contributed by atoms with Gasteiger partial charge < -0.3 is 9.84 Å². The highest BCUT2D eigenvalue weighted by molar-refractivity contribution is 5.99. The molecule has 0 aromatic carbocycles. The van der Waals surface area contributed by atoms with Crippen molar-refractivity contribution in [2.75, 3.05) is 6.61 Å². The predicted molar refractivity (Wildman–Crippen MR) is 31.2 cm³/mol. The topological polar surface area (TPSA) is 63.6 Å². The highest BCUT2D eigenvalue weighted by atomic mass is 16.6. The number of aliphatic hydroxyl groups is 1. The highest BCUT2D eigenvalue weighted by Crippen LogP contribution is 2.15. The molecule has 1 rings (SSSR count). The smallest absolute Gasteiger partial charge is 0.284 e. The van der Waals surface area contributed by atoms with E-state index >= 15 is 0 Å². The Hall–Kier alpha value is -0.740. The fourth-order valence-electron chi connectivity index (χ4n) is 0.820. The van der Waals surface area contributed by atoms with Gasteiger partial charge in [0, 0.05) is 6.42 Å². The molecule has 0 radical (unpaired) electrons. The molecule has 1 atom stereocenters. The van der Waals surface area contributed by atoms with Crippen LogP contribution < -0.4 is 0 Å². The molecule has 1 N–H and O–H groups in total. The summed E-state index contributed by atoms with van der Waals surface area (Å²) in [4.78, 5) is 20.8. The van der Waals surface area contributed by atoms with Gasteiger partial charge in [0.25, 0.3) is 5.79 Å². The van der Waals surface area contributed by atoms with E-state index in [9.17, 15) is 9.59 Å². The molecule has 0 aliphatic carbocycles. The van der Waals surface area contributed by atoms with E-state index in [0.29, 0.717) is 6.42 Å². The first-order valence-corrected chi connectivity index (χ1v) is 3.05. The Morgan fingerprint density at radius 3 is 2.80 bits per heavy atom. The third kappa shape index (κ3) is 1.08. The summed E-state index contributed by atoms with van der Waals surface area (Å²) in [6, 6.07) is 0. The van der Waals surface area contributed by atoms with Crippen molar-refractivity contribution in [2.45, 2.75) is 18.6 Å². The van der Waals surface area contributed by atoms with Crippen LogP contribution in [0.4, 0.5) is 0 Å². The fourth-order valence-corrected chi connectivity index (χ4v) is 0.820. The summed E-state index contributed by atoms with van der Waals surface area (Å²) in [5.41, 5.74) is 0. The zero-order valence-corrected chi connectivity index (χ0v) is 5.37. The molecular weight excluding hydrogens is 136 g/mol. The van der Waals surface area contributed by atoms with E-state index in [2.05, 4.69) is 4.74 Å². The second-order valence-corrected chi connectivity index (χ2v) is 2.19. The summed E-state index contributed by atoms with van der Waals surface area (Å²) in [5.74, 6) is -2.69. The molecule has 0 aromatic heterocycles. The monoisotopic (exact) mass is 144 g/mol. The number of ketones is 1. The van der Waals surface area contributed by atoms with Gasteiger partial charge in [0.2, 0.25) is 0 Å². The van der Waals surface area contributed by atoms with Crippen molar-refractivity contribution in [2.24, 2.45) is 0 Å². The third-order valence-electron chi connectivity index (χ3n) is 1.43. The van der Waals surface area contributed by atoms with Crippen LogP contribution in [-0.4, -0.2) is 29.6 Å². The molecule has 4 heteroatoms. The molecule has 1 aliphatic heterocycles. The van der Waals surface area contributed by atoms with Crippen molar-refractivity contribution < 1.29 is 19.4 Å². The largest absolute Gasteiger partial charge is 0.354 e. The van der Waals surface area contributed by atoms with Crippen molar-refractivity contribution in [1.29, 1.82) is 0 Å². The van der Waals surface area contributed by atoms with E-state index < -0.39 is 11.6 Å². The van der Waals surface area contributed by atoms with Crippen LogP contribution in [0.25, 0.3) is 0 Å². The van der Waals surface area contributed by atoms with Gasteiger partial charge >= 0.3 is 0 Å². The van der Waals surface area contributed by atoms with E-state index in [1.807, 2.05) is 0 Å². The van der Waals surface area contributed by atoms with E-state index in [0.717, 1.165) is 0 Å². The Labute approximate surface area is 57.8 Å². The number of ether oxygens (including phenoxy) is 1. The van der Waals surface area contributed by atoms with Crippen molar-refractivity contribution in [3.8, 4) is 0 Å². The van der Waals surface area contributed by atoms with Gasteiger partial charge in [-0.15, -0.1) is 0 Å². The van der Waals surface area contributed by atoms with Crippen LogP contribution in [0.3, 0.4) is 0 Å². The maximum Gasteiger partial charge on any atom is 0.284 e. The summed E-state index contributed by atoms with van der Waals surface area (Å²) in [7, 11) is 0. The van der Waals surface area contributed by atoms with Crippen LogP contribution in [0.15, 0.2) is 0 Å². The number of hydrogen-bond acceptors (Lipinski definition) is 4. The Kier molecular flexibility index (Phi) is 1.82. The van der Waals surface area contributed by atoms with Crippen LogP contribution in [0.2, 0.25) is 0 Å². The zero-order valence-electron chi connectivity index (χ0n) is 5.37. The van der Waals surface area contributed by atoms with Crippen LogP contribution in [0, 0.1) is 0 Å². The summed E-state index contributed by atoms with van der Waals surface area (Å²) in [6.07, 6.45) is 0.929. The Morgan fingerprint density at radius 2 is 2.40 bits per heavy atom. The summed E-state index contributed by atoms with van der Waals surface area (Å²) in [5, 5.41) is 9.01.